The van der Waals surface area contributed by atoms with Crippen LogP contribution in [0, 0.1) is 12.7 Å². The molecule has 0 fully saturated rings. The molecule has 0 saturated carbocycles. The Kier molecular flexibility index (Phi) is 3.54. The summed E-state index contributed by atoms with van der Waals surface area (Å²) >= 11 is 0. The number of oxazole rings is 1. The van der Waals surface area contributed by atoms with E-state index in [1.807, 2.05) is 19.9 Å². The Labute approximate surface area is 99.7 Å². The van der Waals surface area contributed by atoms with E-state index in [2.05, 4.69) is 10.3 Å². The van der Waals surface area contributed by atoms with E-state index in [1.165, 1.54) is 6.07 Å². The van der Waals surface area contributed by atoms with Crippen LogP contribution in [0.4, 0.5) is 4.39 Å². The molecule has 0 spiro atoms. The van der Waals surface area contributed by atoms with E-state index in [0.717, 1.165) is 12.1 Å². The summed E-state index contributed by atoms with van der Waals surface area (Å²) in [4.78, 5) is 4.10. The van der Waals surface area contributed by atoms with Gasteiger partial charge in [0, 0.05) is 0 Å². The number of aromatic nitrogens is 1. The van der Waals surface area contributed by atoms with Crippen molar-refractivity contribution in [3.05, 3.63) is 41.7 Å². The minimum absolute atomic E-state index is 0.281. The summed E-state index contributed by atoms with van der Waals surface area (Å²) in [5.74, 6) is 0.758. The van der Waals surface area contributed by atoms with Gasteiger partial charge in [-0.15, -0.1) is 0 Å². The monoisotopic (exact) mass is 234 g/mol. The van der Waals surface area contributed by atoms with Gasteiger partial charge >= 0.3 is 0 Å². The van der Waals surface area contributed by atoms with E-state index < -0.39 is 0 Å². The van der Waals surface area contributed by atoms with Crippen molar-refractivity contribution in [1.82, 2.24) is 10.3 Å². The van der Waals surface area contributed by atoms with Gasteiger partial charge in [0.1, 0.15) is 5.82 Å². The summed E-state index contributed by atoms with van der Waals surface area (Å²) in [6, 6.07) is 5.05. The second kappa shape index (κ2) is 5.10. The van der Waals surface area contributed by atoms with Crippen LogP contribution in [0.2, 0.25) is 0 Å². The van der Waals surface area contributed by atoms with Gasteiger partial charge in [0.25, 0.3) is 0 Å². The van der Waals surface area contributed by atoms with Crippen LogP contribution in [0.5, 0.6) is 0 Å². The van der Waals surface area contributed by atoms with E-state index >= 15 is 0 Å². The molecule has 0 aliphatic heterocycles. The molecule has 0 bridgehead atoms. The van der Waals surface area contributed by atoms with Gasteiger partial charge in [-0.2, -0.15) is 0 Å². The molecule has 0 aliphatic rings. The third-order valence-electron chi connectivity index (χ3n) is 2.47. The van der Waals surface area contributed by atoms with Crippen LogP contribution in [0.15, 0.2) is 28.8 Å². The Morgan fingerprint density at radius 1 is 1.41 bits per heavy atom. The molecule has 0 amide bonds. The van der Waals surface area contributed by atoms with Crippen molar-refractivity contribution in [2.75, 3.05) is 6.54 Å². The Hall–Kier alpha value is -1.68. The molecule has 17 heavy (non-hydrogen) atoms. The molecule has 0 unspecified atom stereocenters. The first kappa shape index (κ1) is 11.8. The van der Waals surface area contributed by atoms with Gasteiger partial charge in [0.2, 0.25) is 5.89 Å². The lowest BCUT2D eigenvalue weighted by atomic mass is 10.1. The average molecular weight is 234 g/mol. The molecule has 1 heterocycles. The molecule has 2 aromatic rings. The summed E-state index contributed by atoms with van der Waals surface area (Å²) in [6.07, 6.45) is 1.56. The van der Waals surface area contributed by atoms with Gasteiger partial charge in [0.05, 0.1) is 18.3 Å². The number of rotatable bonds is 4. The molecule has 4 heteroatoms. The zero-order valence-electron chi connectivity index (χ0n) is 9.96. The van der Waals surface area contributed by atoms with Crippen LogP contribution in [-0.4, -0.2) is 11.5 Å². The normalized spacial score (nSPS) is 10.8. The maximum Gasteiger partial charge on any atom is 0.208 e. The molecule has 0 saturated heterocycles. The summed E-state index contributed by atoms with van der Waals surface area (Å²) in [5, 5.41) is 3.10. The maximum absolute atomic E-state index is 13.7. The topological polar surface area (TPSA) is 38.1 Å². The first-order valence-electron chi connectivity index (χ1n) is 5.62. The lowest BCUT2D eigenvalue weighted by Crippen LogP contribution is -2.11. The number of nitrogens with one attached hydrogen (secondary N) is 1. The molecule has 1 aromatic carbocycles. The van der Waals surface area contributed by atoms with Gasteiger partial charge in [-0.3, -0.25) is 0 Å². The maximum atomic E-state index is 13.7. The molecule has 0 atom stereocenters. The van der Waals surface area contributed by atoms with Crippen molar-refractivity contribution < 1.29 is 8.81 Å². The third kappa shape index (κ3) is 2.71. The lowest BCUT2D eigenvalue weighted by molar-refractivity contribution is 0.479. The second-order valence-electron chi connectivity index (χ2n) is 3.88. The van der Waals surface area contributed by atoms with Crippen LogP contribution in [0.1, 0.15) is 18.4 Å². The molecule has 1 aromatic heterocycles. The first-order valence-corrected chi connectivity index (χ1v) is 5.62. The van der Waals surface area contributed by atoms with Crippen molar-refractivity contribution >= 4 is 0 Å². The fourth-order valence-corrected chi connectivity index (χ4v) is 1.57. The number of hydrogen-bond acceptors (Lipinski definition) is 3. The number of nitrogens with zero attached hydrogens (tertiary/aromatic N) is 1. The van der Waals surface area contributed by atoms with Crippen molar-refractivity contribution in [3.8, 4) is 11.3 Å². The first-order chi connectivity index (χ1) is 8.20. The van der Waals surface area contributed by atoms with Gasteiger partial charge in [0.15, 0.2) is 5.76 Å². The average Bonchev–Trinajstić information content (AvgIpc) is 2.75. The number of benzene rings is 1. The van der Waals surface area contributed by atoms with E-state index in [-0.39, 0.29) is 5.82 Å². The van der Waals surface area contributed by atoms with Crippen LogP contribution in [-0.2, 0) is 6.54 Å². The molecular formula is C13H15FN2O. The number of halogens is 1. The fraction of sp³-hybridized carbons (Fsp3) is 0.308. The third-order valence-corrected chi connectivity index (χ3v) is 2.47. The smallest absolute Gasteiger partial charge is 0.208 e. The molecule has 0 radical (unpaired) electrons. The molecule has 1 N–H and O–H groups in total. The predicted molar refractivity (Wildman–Crippen MR) is 64.0 cm³/mol. The minimum Gasteiger partial charge on any atom is -0.439 e. The highest BCUT2D eigenvalue weighted by Crippen LogP contribution is 2.24. The Morgan fingerprint density at radius 2 is 2.24 bits per heavy atom. The highest BCUT2D eigenvalue weighted by molar-refractivity contribution is 5.57. The Bertz CT molecular complexity index is 508. The zero-order chi connectivity index (χ0) is 12.3. The van der Waals surface area contributed by atoms with E-state index in [4.69, 9.17) is 4.42 Å². The fourth-order valence-electron chi connectivity index (χ4n) is 1.57. The lowest BCUT2D eigenvalue weighted by Gasteiger charge is -2.00. The molecule has 0 aliphatic carbocycles. The summed E-state index contributed by atoms with van der Waals surface area (Å²) in [6.45, 7) is 5.26. The van der Waals surface area contributed by atoms with Gasteiger partial charge in [-0.1, -0.05) is 13.0 Å². The van der Waals surface area contributed by atoms with Crippen molar-refractivity contribution in [1.29, 1.82) is 0 Å². The largest absolute Gasteiger partial charge is 0.439 e. The van der Waals surface area contributed by atoms with Gasteiger partial charge in [-0.25, -0.2) is 9.37 Å². The highest BCUT2D eigenvalue weighted by Gasteiger charge is 2.10. The summed E-state index contributed by atoms with van der Waals surface area (Å²) in [5.41, 5.74) is 1.34. The predicted octanol–water partition coefficient (Wildman–Crippen LogP) is 2.90. The zero-order valence-corrected chi connectivity index (χ0v) is 9.96. The standard InChI is InChI=1S/C13H15FN2O/c1-3-15-8-13-16-7-12(17-13)10-5-4-9(2)6-11(10)14/h4-7,15H,3,8H2,1-2H3. The van der Waals surface area contributed by atoms with Crippen LogP contribution in [0.3, 0.4) is 0 Å². The van der Waals surface area contributed by atoms with Crippen molar-refractivity contribution in [2.45, 2.75) is 20.4 Å². The number of hydrogen-bond donors (Lipinski definition) is 1. The molecule has 2 rings (SSSR count). The highest BCUT2D eigenvalue weighted by atomic mass is 19.1. The SMILES string of the molecule is CCNCc1ncc(-c2ccc(C)cc2F)o1. The number of aryl methyl sites for hydroxylation is 1. The van der Waals surface area contributed by atoms with Crippen LogP contribution >= 0.6 is 0 Å². The molecular weight excluding hydrogens is 219 g/mol. The van der Waals surface area contributed by atoms with Crippen molar-refractivity contribution in [2.24, 2.45) is 0 Å². The van der Waals surface area contributed by atoms with E-state index in [0.29, 0.717) is 23.8 Å². The van der Waals surface area contributed by atoms with Gasteiger partial charge in [-0.05, 0) is 31.2 Å². The van der Waals surface area contributed by atoms with Crippen LogP contribution in [0.25, 0.3) is 11.3 Å². The molecule has 90 valence electrons. The molecule has 3 nitrogen and oxygen atoms in total. The van der Waals surface area contributed by atoms with Gasteiger partial charge < -0.3 is 9.73 Å². The van der Waals surface area contributed by atoms with E-state index in [1.54, 1.807) is 12.3 Å². The van der Waals surface area contributed by atoms with Crippen LogP contribution < -0.4 is 5.32 Å². The second-order valence-corrected chi connectivity index (χ2v) is 3.88. The summed E-state index contributed by atoms with van der Waals surface area (Å²) < 4.78 is 19.2. The summed E-state index contributed by atoms with van der Waals surface area (Å²) in [7, 11) is 0. The van der Waals surface area contributed by atoms with Crippen molar-refractivity contribution in [3.63, 3.8) is 0 Å². The Balaban J connectivity index is 2.24. The minimum atomic E-state index is -0.281. The van der Waals surface area contributed by atoms with E-state index in [9.17, 15) is 4.39 Å². The quantitative estimate of drug-likeness (QED) is 0.884. The Morgan fingerprint density at radius 3 is 2.94 bits per heavy atom.